The Morgan fingerprint density at radius 3 is 2.79 bits per heavy atom. The molecule has 8 nitrogen and oxygen atoms in total. The van der Waals surface area contributed by atoms with E-state index in [4.69, 9.17) is 9.47 Å². The number of ether oxygens (including phenoxy) is 2. The molecule has 2 unspecified atom stereocenters. The van der Waals surface area contributed by atoms with E-state index < -0.39 is 35.6 Å². The number of fused-ring (bicyclic) bond motifs is 1. The van der Waals surface area contributed by atoms with Crippen LogP contribution >= 0.6 is 15.9 Å². The summed E-state index contributed by atoms with van der Waals surface area (Å²) in [5.41, 5.74) is -1.06. The third-order valence-electron chi connectivity index (χ3n) is 6.26. The lowest BCUT2D eigenvalue weighted by molar-refractivity contribution is -0.154. The molecule has 164 valence electrons. The van der Waals surface area contributed by atoms with Gasteiger partial charge in [0.15, 0.2) is 0 Å². The first kappa shape index (κ1) is 22.5. The maximum absolute atomic E-state index is 13.4. The topological polar surface area (TPSA) is 105 Å². The highest BCUT2D eigenvalue weighted by atomic mass is 79.9. The number of aliphatic hydroxyl groups excluding tert-OH is 1. The second-order valence-corrected chi connectivity index (χ2v) is 9.40. The van der Waals surface area contributed by atoms with Gasteiger partial charge < -0.3 is 24.8 Å². The van der Waals surface area contributed by atoms with Gasteiger partial charge in [-0.25, -0.2) is 0 Å². The molecule has 0 aromatic carbocycles. The van der Waals surface area contributed by atoms with Crippen LogP contribution < -0.4 is 5.32 Å². The normalized spacial score (nSPS) is 36.2. The van der Waals surface area contributed by atoms with Crippen molar-refractivity contribution in [1.82, 2.24) is 10.2 Å². The first-order valence-electron chi connectivity index (χ1n) is 10.5. The first-order valence-corrected chi connectivity index (χ1v) is 11.4. The molecule has 3 aliphatic rings. The summed E-state index contributed by atoms with van der Waals surface area (Å²) in [6, 6.07) is -0.854. The number of carbonyl (C=O) groups excluding carboxylic acids is 3. The Hall–Kier alpha value is -1.19. The van der Waals surface area contributed by atoms with Crippen molar-refractivity contribution in [3.8, 4) is 0 Å². The Morgan fingerprint density at radius 1 is 1.45 bits per heavy atom. The van der Waals surface area contributed by atoms with E-state index in [0.29, 0.717) is 12.8 Å². The predicted octanol–water partition coefficient (Wildman–Crippen LogP) is 0.985. The minimum atomic E-state index is -1.06. The minimum absolute atomic E-state index is 0.0306. The van der Waals surface area contributed by atoms with Crippen LogP contribution in [0.2, 0.25) is 0 Å². The Bertz CT molecular complexity index is 661. The van der Waals surface area contributed by atoms with Crippen molar-refractivity contribution in [2.75, 3.05) is 19.8 Å². The number of nitrogens with zero attached hydrogens (tertiary/aromatic N) is 1. The molecule has 3 heterocycles. The van der Waals surface area contributed by atoms with Crippen molar-refractivity contribution in [3.05, 3.63) is 0 Å². The molecule has 3 rings (SSSR count). The van der Waals surface area contributed by atoms with Crippen LogP contribution in [-0.2, 0) is 23.9 Å². The van der Waals surface area contributed by atoms with Gasteiger partial charge in [0.25, 0.3) is 0 Å². The third kappa shape index (κ3) is 3.70. The van der Waals surface area contributed by atoms with Crippen LogP contribution in [0.15, 0.2) is 0 Å². The zero-order chi connectivity index (χ0) is 21.3. The summed E-state index contributed by atoms with van der Waals surface area (Å²) in [7, 11) is 0. The average molecular weight is 475 g/mol. The van der Waals surface area contributed by atoms with Crippen LogP contribution in [0.25, 0.3) is 0 Å². The molecule has 0 aromatic heterocycles. The fraction of sp³-hybridized carbons (Fsp3) is 0.850. The molecule has 2 bridgehead atoms. The summed E-state index contributed by atoms with van der Waals surface area (Å²) in [6.45, 7) is 6.08. The number of amides is 2. The summed E-state index contributed by atoms with van der Waals surface area (Å²) in [6.07, 6.45) is 2.09. The Kier molecular flexibility index (Phi) is 6.90. The number of halogens is 1. The molecule has 0 radical (unpaired) electrons. The third-order valence-corrected chi connectivity index (χ3v) is 7.11. The molecule has 0 aliphatic carbocycles. The number of rotatable bonds is 9. The fourth-order valence-corrected chi connectivity index (χ4v) is 6.19. The highest BCUT2D eigenvalue weighted by Crippen LogP contribution is 2.60. The van der Waals surface area contributed by atoms with E-state index in [-0.39, 0.29) is 42.4 Å². The molecular weight excluding hydrogens is 444 g/mol. The number of hydrogen-bond donors (Lipinski definition) is 2. The lowest BCUT2D eigenvalue weighted by Crippen LogP contribution is -2.57. The van der Waals surface area contributed by atoms with Crippen molar-refractivity contribution in [1.29, 1.82) is 0 Å². The highest BCUT2D eigenvalue weighted by Gasteiger charge is 2.76. The van der Waals surface area contributed by atoms with Crippen LogP contribution in [-0.4, -0.2) is 76.2 Å². The second-order valence-electron chi connectivity index (χ2n) is 8.22. The summed E-state index contributed by atoms with van der Waals surface area (Å²) in [5, 5.41) is 12.3. The number of nitrogens with one attached hydrogen (secondary N) is 1. The van der Waals surface area contributed by atoms with Crippen LogP contribution in [0, 0.1) is 11.8 Å². The molecule has 3 saturated heterocycles. The highest BCUT2D eigenvalue weighted by molar-refractivity contribution is 9.09. The predicted molar refractivity (Wildman–Crippen MR) is 108 cm³/mol. The summed E-state index contributed by atoms with van der Waals surface area (Å²) in [5.74, 6) is -2.45. The number of esters is 1. The largest absolute Gasteiger partial charge is 0.466 e. The molecule has 29 heavy (non-hydrogen) atoms. The zero-order valence-electron chi connectivity index (χ0n) is 17.2. The summed E-state index contributed by atoms with van der Waals surface area (Å²) in [4.78, 5) is 40.8. The fourth-order valence-electron chi connectivity index (χ4n) is 5.25. The zero-order valence-corrected chi connectivity index (χ0v) is 18.8. The van der Waals surface area contributed by atoms with Gasteiger partial charge in [0.05, 0.1) is 24.5 Å². The van der Waals surface area contributed by atoms with Gasteiger partial charge in [-0.05, 0) is 33.1 Å². The molecule has 2 amide bonds. The standard InChI is InChI=1S/C20H31BrN2O6/c1-4-7-11(3)22-17(25)16-20-10-12(21)15(29-20)13(19(27)28-5-2)14(20)18(26)23(16)8-6-9-24/h11-16,24H,4-10H2,1-3H3,(H,22,25)/t11?,12?,13-,14+,15-,16-,20+/m0/s1. The van der Waals surface area contributed by atoms with Crippen molar-refractivity contribution < 1.29 is 29.0 Å². The van der Waals surface area contributed by atoms with Gasteiger partial charge in [-0.2, -0.15) is 0 Å². The Labute approximate surface area is 179 Å². The average Bonchev–Trinajstić information content (AvgIpc) is 3.24. The molecule has 0 aromatic rings. The molecule has 2 N–H and O–H groups in total. The monoisotopic (exact) mass is 474 g/mol. The van der Waals surface area contributed by atoms with Gasteiger partial charge >= 0.3 is 5.97 Å². The second kappa shape index (κ2) is 8.89. The number of hydrogen-bond acceptors (Lipinski definition) is 6. The van der Waals surface area contributed by atoms with E-state index in [1.54, 1.807) is 6.92 Å². The molecule has 3 aliphatic heterocycles. The molecule has 9 heteroatoms. The van der Waals surface area contributed by atoms with Crippen molar-refractivity contribution in [2.45, 2.75) is 75.1 Å². The number of likely N-dealkylation sites (tertiary alicyclic amines) is 1. The van der Waals surface area contributed by atoms with Crippen LogP contribution in [0.1, 0.15) is 46.5 Å². The quantitative estimate of drug-likeness (QED) is 0.381. The summed E-state index contributed by atoms with van der Waals surface area (Å²) >= 11 is 3.60. The van der Waals surface area contributed by atoms with Crippen molar-refractivity contribution in [3.63, 3.8) is 0 Å². The Balaban J connectivity index is 1.96. The van der Waals surface area contributed by atoms with Crippen molar-refractivity contribution >= 4 is 33.7 Å². The van der Waals surface area contributed by atoms with E-state index >= 15 is 0 Å². The van der Waals surface area contributed by atoms with Crippen LogP contribution in [0.3, 0.4) is 0 Å². The Morgan fingerprint density at radius 2 is 2.17 bits per heavy atom. The van der Waals surface area contributed by atoms with Crippen molar-refractivity contribution in [2.24, 2.45) is 11.8 Å². The van der Waals surface area contributed by atoms with E-state index in [2.05, 4.69) is 21.2 Å². The lowest BCUT2D eigenvalue weighted by atomic mass is 9.70. The van der Waals surface area contributed by atoms with Gasteiger partial charge in [-0.1, -0.05) is 29.3 Å². The molecule has 7 atom stereocenters. The van der Waals surface area contributed by atoms with Gasteiger partial charge in [-0.15, -0.1) is 0 Å². The SMILES string of the molecule is CCCC(C)NC(=O)[C@@H]1N(CCCO)C(=O)[C@H]2[C@H](C(=O)OCC)[C@H]3O[C@@]12CC3Br. The molecular formula is C20H31BrN2O6. The van der Waals surface area contributed by atoms with Gasteiger partial charge in [0.1, 0.15) is 11.6 Å². The number of alkyl halides is 1. The smallest absolute Gasteiger partial charge is 0.312 e. The number of aliphatic hydroxyl groups is 1. The minimum Gasteiger partial charge on any atom is -0.466 e. The maximum Gasteiger partial charge on any atom is 0.312 e. The first-order chi connectivity index (χ1) is 13.8. The van der Waals surface area contributed by atoms with Gasteiger partial charge in [-0.3, -0.25) is 14.4 Å². The number of carbonyl (C=O) groups is 3. The van der Waals surface area contributed by atoms with E-state index in [9.17, 15) is 19.5 Å². The van der Waals surface area contributed by atoms with Crippen LogP contribution in [0.5, 0.6) is 0 Å². The van der Waals surface area contributed by atoms with Gasteiger partial charge in [0, 0.05) is 24.0 Å². The van der Waals surface area contributed by atoms with E-state index in [0.717, 1.165) is 12.8 Å². The van der Waals surface area contributed by atoms with Crippen LogP contribution in [0.4, 0.5) is 0 Å². The lowest BCUT2D eigenvalue weighted by Gasteiger charge is -2.34. The van der Waals surface area contributed by atoms with E-state index in [1.807, 2.05) is 13.8 Å². The van der Waals surface area contributed by atoms with E-state index in [1.165, 1.54) is 4.90 Å². The van der Waals surface area contributed by atoms with Gasteiger partial charge in [0.2, 0.25) is 11.8 Å². The summed E-state index contributed by atoms with van der Waals surface area (Å²) < 4.78 is 11.5. The molecule has 1 spiro atoms. The maximum atomic E-state index is 13.4. The molecule has 3 fully saturated rings. The molecule has 0 saturated carbocycles.